The Morgan fingerprint density at radius 2 is 2.00 bits per heavy atom. The van der Waals surface area contributed by atoms with Gasteiger partial charge in [-0.2, -0.15) is 0 Å². The molecule has 0 radical (unpaired) electrons. The minimum Gasteiger partial charge on any atom is -0.0654 e. The molecule has 1 fully saturated rings. The van der Waals surface area contributed by atoms with E-state index in [-0.39, 0.29) is 0 Å². The third kappa shape index (κ3) is 2.02. The molecule has 0 aromatic heterocycles. The maximum Gasteiger partial charge on any atom is -0.0326 e. The third-order valence-electron chi connectivity index (χ3n) is 4.00. The van der Waals surface area contributed by atoms with E-state index in [0.29, 0.717) is 5.41 Å². The van der Waals surface area contributed by atoms with Crippen molar-refractivity contribution in [3.8, 4) is 0 Å². The van der Waals surface area contributed by atoms with Crippen molar-refractivity contribution in [2.45, 2.75) is 59.8 Å². The summed E-state index contributed by atoms with van der Waals surface area (Å²) in [7, 11) is 0. The van der Waals surface area contributed by atoms with E-state index in [0.717, 1.165) is 11.8 Å². The van der Waals surface area contributed by atoms with E-state index >= 15 is 0 Å². The highest BCUT2D eigenvalue weighted by Gasteiger charge is 2.34. The van der Waals surface area contributed by atoms with Crippen molar-refractivity contribution < 1.29 is 0 Å². The van der Waals surface area contributed by atoms with Gasteiger partial charge < -0.3 is 0 Å². The molecule has 0 N–H and O–H groups in total. The lowest BCUT2D eigenvalue weighted by molar-refractivity contribution is 0.0836. The Labute approximate surface area is 77.7 Å². The lowest BCUT2D eigenvalue weighted by Gasteiger charge is -2.42. The van der Waals surface area contributed by atoms with Crippen molar-refractivity contribution in [3.63, 3.8) is 0 Å². The predicted molar refractivity (Wildman–Crippen MR) is 55.2 cm³/mol. The quantitative estimate of drug-likeness (QED) is 0.578. The fraction of sp³-hybridized carbons (Fsp3) is 1.00. The van der Waals surface area contributed by atoms with Crippen LogP contribution in [0.4, 0.5) is 0 Å². The molecule has 0 aromatic rings. The zero-order valence-corrected chi connectivity index (χ0v) is 9.19. The van der Waals surface area contributed by atoms with Gasteiger partial charge >= 0.3 is 0 Å². The topological polar surface area (TPSA) is 0 Å². The summed E-state index contributed by atoms with van der Waals surface area (Å²) in [6, 6.07) is 0. The zero-order chi connectivity index (χ0) is 9.19. The van der Waals surface area contributed by atoms with Crippen LogP contribution in [0.5, 0.6) is 0 Å². The van der Waals surface area contributed by atoms with Gasteiger partial charge in [0.25, 0.3) is 0 Å². The molecular weight excluding hydrogens is 144 g/mol. The molecule has 0 amide bonds. The van der Waals surface area contributed by atoms with E-state index < -0.39 is 0 Å². The van der Waals surface area contributed by atoms with Crippen LogP contribution in [0.15, 0.2) is 0 Å². The monoisotopic (exact) mass is 168 g/mol. The summed E-state index contributed by atoms with van der Waals surface area (Å²) < 4.78 is 0. The zero-order valence-electron chi connectivity index (χ0n) is 9.19. The van der Waals surface area contributed by atoms with Gasteiger partial charge in [0.15, 0.2) is 0 Å². The highest BCUT2D eigenvalue weighted by Crippen LogP contribution is 2.45. The van der Waals surface area contributed by atoms with E-state index in [1.54, 1.807) is 0 Å². The second kappa shape index (κ2) is 3.81. The molecule has 72 valence electrons. The third-order valence-corrected chi connectivity index (χ3v) is 4.00. The van der Waals surface area contributed by atoms with E-state index in [2.05, 4.69) is 27.7 Å². The first-order valence-corrected chi connectivity index (χ1v) is 5.58. The summed E-state index contributed by atoms with van der Waals surface area (Å²) in [6.07, 6.45) is 7.20. The summed E-state index contributed by atoms with van der Waals surface area (Å²) in [4.78, 5) is 0. The van der Waals surface area contributed by atoms with E-state index in [1.165, 1.54) is 32.1 Å². The van der Waals surface area contributed by atoms with Gasteiger partial charge in [-0.3, -0.25) is 0 Å². The van der Waals surface area contributed by atoms with Gasteiger partial charge in [-0.05, 0) is 23.7 Å². The normalized spacial score (nSPS) is 35.0. The molecule has 0 spiro atoms. The average molecular weight is 168 g/mol. The highest BCUT2D eigenvalue weighted by molar-refractivity contribution is 4.85. The van der Waals surface area contributed by atoms with Gasteiger partial charge in [0.05, 0.1) is 0 Å². The molecule has 0 saturated heterocycles. The Kier molecular flexibility index (Phi) is 3.20. The summed E-state index contributed by atoms with van der Waals surface area (Å²) in [5.74, 6) is 1.95. The van der Waals surface area contributed by atoms with Crippen molar-refractivity contribution in [1.82, 2.24) is 0 Å². The van der Waals surface area contributed by atoms with Crippen molar-refractivity contribution in [2.75, 3.05) is 0 Å². The molecule has 1 aliphatic rings. The molecule has 1 rings (SSSR count). The van der Waals surface area contributed by atoms with Crippen LogP contribution in [-0.4, -0.2) is 0 Å². The molecule has 0 aliphatic heterocycles. The first-order valence-electron chi connectivity index (χ1n) is 5.58. The Morgan fingerprint density at radius 3 is 2.58 bits per heavy atom. The van der Waals surface area contributed by atoms with Gasteiger partial charge in [-0.1, -0.05) is 53.4 Å². The molecule has 1 saturated carbocycles. The lowest BCUT2D eigenvalue weighted by Crippen LogP contribution is -2.32. The summed E-state index contributed by atoms with van der Waals surface area (Å²) in [6.45, 7) is 9.66. The molecule has 12 heavy (non-hydrogen) atoms. The van der Waals surface area contributed by atoms with Gasteiger partial charge in [0.2, 0.25) is 0 Å². The van der Waals surface area contributed by atoms with Crippen LogP contribution in [0.3, 0.4) is 0 Å². The van der Waals surface area contributed by atoms with Crippen molar-refractivity contribution in [2.24, 2.45) is 17.3 Å². The van der Waals surface area contributed by atoms with Gasteiger partial charge in [-0.25, -0.2) is 0 Å². The first-order chi connectivity index (χ1) is 5.58. The number of hydrogen-bond acceptors (Lipinski definition) is 0. The second-order valence-corrected chi connectivity index (χ2v) is 5.22. The van der Waals surface area contributed by atoms with Crippen LogP contribution in [0.2, 0.25) is 0 Å². The van der Waals surface area contributed by atoms with E-state index in [4.69, 9.17) is 0 Å². The molecule has 0 aromatic carbocycles. The van der Waals surface area contributed by atoms with Gasteiger partial charge in [0, 0.05) is 0 Å². The maximum absolute atomic E-state index is 2.46. The van der Waals surface area contributed by atoms with Crippen LogP contribution >= 0.6 is 0 Å². The maximum atomic E-state index is 2.46. The average Bonchev–Trinajstić information content (AvgIpc) is 1.99. The second-order valence-electron chi connectivity index (χ2n) is 5.22. The fourth-order valence-electron chi connectivity index (χ4n) is 2.70. The molecule has 0 heteroatoms. The molecule has 1 aliphatic carbocycles. The van der Waals surface area contributed by atoms with Crippen LogP contribution in [0.1, 0.15) is 59.8 Å². The molecular formula is C12H24. The van der Waals surface area contributed by atoms with Gasteiger partial charge in [-0.15, -0.1) is 0 Å². The smallest absolute Gasteiger partial charge is 0.0326 e. The van der Waals surface area contributed by atoms with E-state index in [1.807, 2.05) is 0 Å². The van der Waals surface area contributed by atoms with Crippen LogP contribution in [0.25, 0.3) is 0 Å². The Hall–Kier alpha value is 0. The largest absolute Gasteiger partial charge is 0.0654 e. The van der Waals surface area contributed by atoms with Crippen LogP contribution < -0.4 is 0 Å². The Bertz CT molecular complexity index is 133. The Balaban J connectivity index is 2.54. The van der Waals surface area contributed by atoms with Gasteiger partial charge in [0.1, 0.15) is 0 Å². The van der Waals surface area contributed by atoms with Crippen molar-refractivity contribution in [1.29, 1.82) is 0 Å². The minimum atomic E-state index is 0.609. The number of hydrogen-bond donors (Lipinski definition) is 0. The SMILES string of the molecule is CCCC1CCCC(C)(C)C1C. The fourth-order valence-corrected chi connectivity index (χ4v) is 2.70. The molecule has 2 atom stereocenters. The minimum absolute atomic E-state index is 0.609. The highest BCUT2D eigenvalue weighted by atomic mass is 14.4. The van der Waals surface area contributed by atoms with Crippen molar-refractivity contribution >= 4 is 0 Å². The van der Waals surface area contributed by atoms with Crippen LogP contribution in [-0.2, 0) is 0 Å². The molecule has 0 nitrogen and oxygen atoms in total. The Morgan fingerprint density at radius 1 is 1.33 bits per heavy atom. The molecule has 0 heterocycles. The summed E-state index contributed by atoms with van der Waals surface area (Å²) >= 11 is 0. The van der Waals surface area contributed by atoms with E-state index in [9.17, 15) is 0 Å². The standard InChI is InChI=1S/C12H24/c1-5-7-11-8-6-9-12(3,4)10(11)2/h10-11H,5-9H2,1-4H3. The molecule has 2 unspecified atom stereocenters. The first kappa shape index (κ1) is 10.1. The summed E-state index contributed by atoms with van der Waals surface area (Å²) in [5.41, 5.74) is 0.609. The molecule has 0 bridgehead atoms. The number of rotatable bonds is 2. The van der Waals surface area contributed by atoms with Crippen LogP contribution in [0, 0.1) is 17.3 Å². The predicted octanol–water partition coefficient (Wildman–Crippen LogP) is 4.25. The lowest BCUT2D eigenvalue weighted by atomic mass is 9.63. The summed E-state index contributed by atoms with van der Waals surface area (Å²) in [5, 5.41) is 0. The van der Waals surface area contributed by atoms with Crippen molar-refractivity contribution in [3.05, 3.63) is 0 Å².